The van der Waals surface area contributed by atoms with Gasteiger partial charge in [-0.2, -0.15) is 0 Å². The highest BCUT2D eigenvalue weighted by molar-refractivity contribution is 5.11. The van der Waals surface area contributed by atoms with Gasteiger partial charge in [-0.25, -0.2) is 0 Å². The van der Waals surface area contributed by atoms with Crippen molar-refractivity contribution in [2.45, 2.75) is 57.9 Å². The van der Waals surface area contributed by atoms with Crippen LogP contribution in [-0.4, -0.2) is 17.6 Å². The van der Waals surface area contributed by atoms with Gasteiger partial charge in [0.25, 0.3) is 0 Å². The van der Waals surface area contributed by atoms with Gasteiger partial charge in [0.2, 0.25) is 0 Å². The minimum absolute atomic E-state index is 0.637. The molecule has 0 aliphatic heterocycles. The van der Waals surface area contributed by atoms with E-state index in [9.17, 15) is 0 Å². The number of pyridine rings is 1. The van der Waals surface area contributed by atoms with Crippen molar-refractivity contribution < 1.29 is 0 Å². The van der Waals surface area contributed by atoms with Crippen LogP contribution in [0.3, 0.4) is 0 Å². The summed E-state index contributed by atoms with van der Waals surface area (Å²) in [4.78, 5) is 4.09. The predicted octanol–water partition coefficient (Wildman–Crippen LogP) is 3.57. The first kappa shape index (κ1) is 13.5. The Morgan fingerprint density at radius 3 is 2.67 bits per heavy atom. The third-order valence-electron chi connectivity index (χ3n) is 4.12. The minimum Gasteiger partial charge on any atom is -0.314 e. The van der Waals surface area contributed by atoms with Crippen LogP contribution >= 0.6 is 0 Å². The third-order valence-corrected chi connectivity index (χ3v) is 4.12. The molecule has 0 saturated heterocycles. The topological polar surface area (TPSA) is 24.9 Å². The Morgan fingerprint density at radius 1 is 1.28 bits per heavy atom. The SMILES string of the molecule is CCNC(CCC1CCCC1)Cc1ccncc1. The zero-order valence-electron chi connectivity index (χ0n) is 11.6. The van der Waals surface area contributed by atoms with E-state index in [0.29, 0.717) is 6.04 Å². The smallest absolute Gasteiger partial charge is 0.0270 e. The number of aromatic nitrogens is 1. The molecule has 1 saturated carbocycles. The molecule has 0 amide bonds. The Bertz CT molecular complexity index is 317. The first-order valence-electron chi connectivity index (χ1n) is 7.50. The average Bonchev–Trinajstić information content (AvgIpc) is 2.91. The minimum atomic E-state index is 0.637. The fourth-order valence-corrected chi connectivity index (χ4v) is 3.10. The fraction of sp³-hybridized carbons (Fsp3) is 0.688. The maximum Gasteiger partial charge on any atom is 0.0270 e. The van der Waals surface area contributed by atoms with Crippen LogP contribution in [0.4, 0.5) is 0 Å². The lowest BCUT2D eigenvalue weighted by Crippen LogP contribution is -2.31. The molecule has 1 aromatic rings. The normalized spacial score (nSPS) is 18.1. The molecule has 1 aliphatic carbocycles. The number of likely N-dealkylation sites (N-methyl/N-ethyl adjacent to an activating group) is 1. The van der Waals surface area contributed by atoms with Gasteiger partial charge >= 0.3 is 0 Å². The standard InChI is InChI=1S/C16H26N2/c1-2-18-16(8-7-14-5-3-4-6-14)13-15-9-11-17-12-10-15/h9-12,14,16,18H,2-8,13H2,1H3. The molecule has 0 spiro atoms. The van der Waals surface area contributed by atoms with E-state index in [4.69, 9.17) is 0 Å². The number of hydrogen-bond acceptors (Lipinski definition) is 2. The summed E-state index contributed by atoms with van der Waals surface area (Å²) in [5, 5.41) is 3.63. The molecule has 1 fully saturated rings. The molecule has 1 unspecified atom stereocenters. The van der Waals surface area contributed by atoms with Crippen LogP contribution in [-0.2, 0) is 6.42 Å². The number of nitrogens with one attached hydrogen (secondary N) is 1. The number of nitrogens with zero attached hydrogens (tertiary/aromatic N) is 1. The van der Waals surface area contributed by atoms with Gasteiger partial charge in [0.05, 0.1) is 0 Å². The largest absolute Gasteiger partial charge is 0.314 e. The molecule has 2 nitrogen and oxygen atoms in total. The van der Waals surface area contributed by atoms with Crippen LogP contribution in [0.1, 0.15) is 51.0 Å². The van der Waals surface area contributed by atoms with Crippen molar-refractivity contribution in [3.05, 3.63) is 30.1 Å². The second-order valence-corrected chi connectivity index (χ2v) is 5.54. The Kier molecular flexibility index (Phi) is 5.66. The molecular weight excluding hydrogens is 220 g/mol. The second kappa shape index (κ2) is 7.52. The van der Waals surface area contributed by atoms with Gasteiger partial charge < -0.3 is 5.32 Å². The van der Waals surface area contributed by atoms with Crippen molar-refractivity contribution in [2.24, 2.45) is 5.92 Å². The van der Waals surface area contributed by atoms with E-state index in [1.165, 1.54) is 44.1 Å². The van der Waals surface area contributed by atoms with E-state index in [1.807, 2.05) is 12.4 Å². The van der Waals surface area contributed by atoms with Crippen molar-refractivity contribution in [1.82, 2.24) is 10.3 Å². The Hall–Kier alpha value is -0.890. The van der Waals surface area contributed by atoms with Crippen LogP contribution in [0, 0.1) is 5.92 Å². The summed E-state index contributed by atoms with van der Waals surface area (Å²) in [6, 6.07) is 4.91. The maximum atomic E-state index is 4.09. The highest BCUT2D eigenvalue weighted by Crippen LogP contribution is 2.29. The van der Waals surface area contributed by atoms with Crippen molar-refractivity contribution in [2.75, 3.05) is 6.54 Å². The quantitative estimate of drug-likeness (QED) is 0.795. The molecule has 2 heteroatoms. The zero-order valence-corrected chi connectivity index (χ0v) is 11.6. The molecule has 1 atom stereocenters. The molecular formula is C16H26N2. The van der Waals surface area contributed by atoms with Gasteiger partial charge in [0.1, 0.15) is 0 Å². The van der Waals surface area contributed by atoms with Crippen molar-refractivity contribution in [3.8, 4) is 0 Å². The zero-order chi connectivity index (χ0) is 12.6. The van der Waals surface area contributed by atoms with Crippen LogP contribution in [0.2, 0.25) is 0 Å². The molecule has 100 valence electrons. The van der Waals surface area contributed by atoms with Gasteiger partial charge in [-0.1, -0.05) is 32.6 Å². The van der Waals surface area contributed by atoms with E-state index in [-0.39, 0.29) is 0 Å². The lowest BCUT2D eigenvalue weighted by Gasteiger charge is -2.19. The monoisotopic (exact) mass is 246 g/mol. The van der Waals surface area contributed by atoms with E-state index in [1.54, 1.807) is 0 Å². The van der Waals surface area contributed by atoms with Crippen LogP contribution < -0.4 is 5.32 Å². The van der Waals surface area contributed by atoms with Crippen molar-refractivity contribution in [1.29, 1.82) is 0 Å². The Balaban J connectivity index is 1.79. The molecule has 0 radical (unpaired) electrons. The third kappa shape index (κ3) is 4.41. The molecule has 1 heterocycles. The lowest BCUT2D eigenvalue weighted by molar-refractivity contribution is 0.407. The van der Waals surface area contributed by atoms with Gasteiger partial charge in [0.15, 0.2) is 0 Å². The molecule has 1 aliphatic rings. The van der Waals surface area contributed by atoms with E-state index < -0.39 is 0 Å². The summed E-state index contributed by atoms with van der Waals surface area (Å²) in [5.74, 6) is 1.00. The van der Waals surface area contributed by atoms with Crippen LogP contribution in [0.25, 0.3) is 0 Å². The Labute approximate surface area is 111 Å². The van der Waals surface area contributed by atoms with Crippen LogP contribution in [0.15, 0.2) is 24.5 Å². The summed E-state index contributed by atoms with van der Waals surface area (Å²) in [7, 11) is 0. The van der Waals surface area contributed by atoms with Gasteiger partial charge in [0, 0.05) is 18.4 Å². The fourth-order valence-electron chi connectivity index (χ4n) is 3.10. The highest BCUT2D eigenvalue weighted by Gasteiger charge is 2.17. The van der Waals surface area contributed by atoms with Gasteiger partial charge in [-0.15, -0.1) is 0 Å². The molecule has 2 rings (SSSR count). The first-order valence-corrected chi connectivity index (χ1v) is 7.50. The molecule has 0 bridgehead atoms. The summed E-state index contributed by atoms with van der Waals surface area (Å²) >= 11 is 0. The van der Waals surface area contributed by atoms with Crippen molar-refractivity contribution >= 4 is 0 Å². The highest BCUT2D eigenvalue weighted by atomic mass is 14.9. The van der Waals surface area contributed by atoms with Gasteiger partial charge in [-0.05, 0) is 49.4 Å². The van der Waals surface area contributed by atoms with E-state index in [2.05, 4.69) is 29.4 Å². The maximum absolute atomic E-state index is 4.09. The summed E-state index contributed by atoms with van der Waals surface area (Å²) in [6.45, 7) is 3.27. The number of rotatable bonds is 7. The second-order valence-electron chi connectivity index (χ2n) is 5.54. The summed E-state index contributed by atoms with van der Waals surface area (Å²) < 4.78 is 0. The molecule has 18 heavy (non-hydrogen) atoms. The predicted molar refractivity (Wildman–Crippen MR) is 76.6 cm³/mol. The molecule has 1 aromatic heterocycles. The van der Waals surface area contributed by atoms with E-state index >= 15 is 0 Å². The Morgan fingerprint density at radius 2 is 2.00 bits per heavy atom. The van der Waals surface area contributed by atoms with Crippen molar-refractivity contribution in [3.63, 3.8) is 0 Å². The van der Waals surface area contributed by atoms with E-state index in [0.717, 1.165) is 18.9 Å². The first-order chi connectivity index (χ1) is 8.88. The molecule has 0 aromatic carbocycles. The van der Waals surface area contributed by atoms with Gasteiger partial charge in [-0.3, -0.25) is 4.98 Å². The summed E-state index contributed by atoms with van der Waals surface area (Å²) in [6.07, 6.45) is 13.5. The van der Waals surface area contributed by atoms with Crippen LogP contribution in [0.5, 0.6) is 0 Å². The average molecular weight is 246 g/mol. The lowest BCUT2D eigenvalue weighted by atomic mass is 9.95. The number of hydrogen-bond donors (Lipinski definition) is 1. The molecule has 1 N–H and O–H groups in total. The summed E-state index contributed by atoms with van der Waals surface area (Å²) in [5.41, 5.74) is 1.40.